The Morgan fingerprint density at radius 3 is 2.67 bits per heavy atom. The molecule has 2 rings (SSSR count). The van der Waals surface area contributed by atoms with Gasteiger partial charge in [-0.15, -0.1) is 0 Å². The number of rotatable bonds is 10. The molecule has 7 heteroatoms. The molecule has 0 bridgehead atoms. The first-order chi connectivity index (χ1) is 11.8. The van der Waals surface area contributed by atoms with Crippen LogP contribution >= 0.6 is 21.6 Å². The molecule has 1 radical (unpaired) electrons. The summed E-state index contributed by atoms with van der Waals surface area (Å²) in [6, 6.07) is 12.8. The van der Waals surface area contributed by atoms with Crippen molar-refractivity contribution >= 4 is 39.5 Å². The summed E-state index contributed by atoms with van der Waals surface area (Å²) in [7, 11) is 3.20. The van der Waals surface area contributed by atoms with E-state index in [9.17, 15) is 9.59 Å². The largest absolute Gasteiger partial charge is 0.383 e. The molecule has 0 saturated heterocycles. The number of nitrogens with one attached hydrogen (secondary N) is 2. The number of carbonyl (C=O) groups excluding carboxylic acids is 2. The molecular weight excluding hydrogens is 342 g/mol. The van der Waals surface area contributed by atoms with Crippen molar-refractivity contribution in [2.45, 2.75) is 11.4 Å². The third-order valence-electron chi connectivity index (χ3n) is 2.97. The molecule has 1 aromatic heterocycles. The van der Waals surface area contributed by atoms with Crippen molar-refractivity contribution in [3.05, 3.63) is 54.2 Å². The maximum absolute atomic E-state index is 11.7. The standard InChI is InChI=1S/C17H18N3O2S2/c21-13-14-4-6-15(7-5-14)18-10-11-19-16(22)8-12-23-24-17-3-1-2-9-20-17/h1-7,9,18H,8,10-12H2,(H,19,22). The van der Waals surface area contributed by atoms with E-state index in [1.54, 1.807) is 39.9 Å². The smallest absolute Gasteiger partial charge is 0.233 e. The minimum atomic E-state index is 0.0387. The van der Waals surface area contributed by atoms with Crippen molar-refractivity contribution in [3.63, 3.8) is 0 Å². The van der Waals surface area contributed by atoms with Crippen LogP contribution in [0.15, 0.2) is 53.7 Å². The fourth-order valence-corrected chi connectivity index (χ4v) is 3.65. The summed E-state index contributed by atoms with van der Waals surface area (Å²) in [4.78, 5) is 26.4. The predicted octanol–water partition coefficient (Wildman–Crippen LogP) is 2.90. The van der Waals surface area contributed by atoms with E-state index in [1.165, 1.54) is 0 Å². The van der Waals surface area contributed by atoms with Gasteiger partial charge in [0.05, 0.1) is 0 Å². The average Bonchev–Trinajstić information content (AvgIpc) is 2.64. The molecule has 1 heterocycles. The highest BCUT2D eigenvalue weighted by molar-refractivity contribution is 8.76. The number of aromatic nitrogens is 1. The van der Waals surface area contributed by atoms with Crippen molar-refractivity contribution < 1.29 is 9.59 Å². The van der Waals surface area contributed by atoms with Crippen LogP contribution in [-0.2, 0) is 9.59 Å². The monoisotopic (exact) mass is 360 g/mol. The molecule has 0 saturated carbocycles. The molecule has 1 aromatic carbocycles. The van der Waals surface area contributed by atoms with Gasteiger partial charge < -0.3 is 10.6 Å². The Labute approximate surface area is 149 Å². The molecule has 125 valence electrons. The van der Waals surface area contributed by atoms with Crippen LogP contribution in [0.1, 0.15) is 12.0 Å². The molecule has 0 unspecified atom stereocenters. The molecule has 0 fully saturated rings. The second kappa shape index (κ2) is 10.7. The van der Waals surface area contributed by atoms with E-state index in [-0.39, 0.29) is 5.91 Å². The second-order valence-corrected chi connectivity index (χ2v) is 7.22. The lowest BCUT2D eigenvalue weighted by atomic mass is 10.2. The maximum Gasteiger partial charge on any atom is 0.233 e. The first kappa shape index (κ1) is 18.4. The van der Waals surface area contributed by atoms with Crippen LogP contribution in [-0.4, -0.2) is 36.0 Å². The van der Waals surface area contributed by atoms with Gasteiger partial charge in [0.15, 0.2) is 0 Å². The normalized spacial score (nSPS) is 10.2. The van der Waals surface area contributed by atoms with Crippen LogP contribution < -0.4 is 10.6 Å². The number of benzene rings is 1. The molecule has 24 heavy (non-hydrogen) atoms. The minimum absolute atomic E-state index is 0.0387. The van der Waals surface area contributed by atoms with Crippen molar-refractivity contribution in [1.82, 2.24) is 10.3 Å². The third kappa shape index (κ3) is 7.06. The Hall–Kier alpha value is -1.99. The molecule has 5 nitrogen and oxygen atoms in total. The fourth-order valence-electron chi connectivity index (χ4n) is 1.79. The molecule has 2 aromatic rings. The van der Waals surface area contributed by atoms with Gasteiger partial charge in [-0.3, -0.25) is 9.59 Å². The highest BCUT2D eigenvalue weighted by Gasteiger charge is 2.02. The summed E-state index contributed by atoms with van der Waals surface area (Å²) in [6.07, 6.45) is 4.07. The van der Waals surface area contributed by atoms with Crippen molar-refractivity contribution in [2.24, 2.45) is 0 Å². The number of hydrogen-bond donors (Lipinski definition) is 2. The lowest BCUT2D eigenvalue weighted by Crippen LogP contribution is -2.28. The first-order valence-corrected chi connectivity index (χ1v) is 9.79. The molecular formula is C17H18N3O2S2. The fraction of sp³-hybridized carbons (Fsp3) is 0.235. The average molecular weight is 360 g/mol. The maximum atomic E-state index is 11.7. The van der Waals surface area contributed by atoms with Crippen molar-refractivity contribution in [3.8, 4) is 0 Å². The Bertz CT molecular complexity index is 636. The highest BCUT2D eigenvalue weighted by Crippen LogP contribution is 2.29. The summed E-state index contributed by atoms with van der Waals surface area (Å²) in [6.45, 7) is 1.18. The number of anilines is 1. The number of hydrogen-bond acceptors (Lipinski definition) is 6. The Morgan fingerprint density at radius 1 is 1.12 bits per heavy atom. The van der Waals surface area contributed by atoms with E-state index < -0.39 is 0 Å². The molecule has 1 amide bonds. The second-order valence-electron chi connectivity index (χ2n) is 4.78. The van der Waals surface area contributed by atoms with E-state index >= 15 is 0 Å². The van der Waals surface area contributed by atoms with Crippen LogP contribution in [0.3, 0.4) is 0 Å². The zero-order valence-electron chi connectivity index (χ0n) is 13.0. The Morgan fingerprint density at radius 2 is 1.96 bits per heavy atom. The topological polar surface area (TPSA) is 71.1 Å². The van der Waals surface area contributed by atoms with E-state index in [4.69, 9.17) is 0 Å². The molecule has 0 spiro atoms. The van der Waals surface area contributed by atoms with Gasteiger partial charge in [0, 0.05) is 42.7 Å². The highest BCUT2D eigenvalue weighted by atomic mass is 33.1. The van der Waals surface area contributed by atoms with Gasteiger partial charge in [-0.1, -0.05) is 16.9 Å². The van der Waals surface area contributed by atoms with Crippen LogP contribution in [0.5, 0.6) is 0 Å². The van der Waals surface area contributed by atoms with E-state index in [0.717, 1.165) is 16.5 Å². The molecule has 0 atom stereocenters. The number of amides is 1. The third-order valence-corrected chi connectivity index (χ3v) is 5.24. The zero-order valence-corrected chi connectivity index (χ0v) is 14.7. The zero-order chi connectivity index (χ0) is 17.0. The lowest BCUT2D eigenvalue weighted by Gasteiger charge is -2.08. The van der Waals surface area contributed by atoms with Crippen LogP contribution in [0, 0.1) is 0 Å². The Kier molecular flexibility index (Phi) is 8.20. The lowest BCUT2D eigenvalue weighted by molar-refractivity contribution is -0.120. The van der Waals surface area contributed by atoms with E-state index in [1.807, 2.05) is 36.6 Å². The summed E-state index contributed by atoms with van der Waals surface area (Å²) in [5.74, 6) is 0.779. The van der Waals surface area contributed by atoms with E-state index in [2.05, 4.69) is 15.6 Å². The summed E-state index contributed by atoms with van der Waals surface area (Å²) < 4.78 is 0. The van der Waals surface area contributed by atoms with E-state index in [0.29, 0.717) is 25.1 Å². The van der Waals surface area contributed by atoms with Gasteiger partial charge in [0.25, 0.3) is 0 Å². The molecule has 0 aliphatic carbocycles. The summed E-state index contributed by atoms with van der Waals surface area (Å²) in [5.41, 5.74) is 1.43. The quantitative estimate of drug-likeness (QED) is 0.501. The van der Waals surface area contributed by atoms with Gasteiger partial charge in [0.1, 0.15) is 5.03 Å². The summed E-state index contributed by atoms with van der Waals surface area (Å²) >= 11 is 0. The summed E-state index contributed by atoms with van der Waals surface area (Å²) in [5, 5.41) is 7.00. The number of pyridine rings is 1. The molecule has 0 aliphatic heterocycles. The van der Waals surface area contributed by atoms with Crippen LogP contribution in [0.2, 0.25) is 0 Å². The molecule has 2 N–H and O–H groups in total. The first-order valence-electron chi connectivity index (χ1n) is 7.47. The van der Waals surface area contributed by atoms with Gasteiger partial charge in [-0.25, -0.2) is 4.98 Å². The van der Waals surface area contributed by atoms with Crippen LogP contribution in [0.25, 0.3) is 0 Å². The van der Waals surface area contributed by atoms with Gasteiger partial charge >= 0.3 is 0 Å². The van der Waals surface area contributed by atoms with Crippen molar-refractivity contribution in [1.29, 1.82) is 0 Å². The van der Waals surface area contributed by atoms with Gasteiger partial charge in [0.2, 0.25) is 12.2 Å². The predicted molar refractivity (Wildman–Crippen MR) is 99.9 cm³/mol. The van der Waals surface area contributed by atoms with Crippen molar-refractivity contribution in [2.75, 3.05) is 24.2 Å². The minimum Gasteiger partial charge on any atom is -0.383 e. The number of nitrogens with zero attached hydrogens (tertiary/aromatic N) is 1. The SMILES string of the molecule is O=[C]c1ccc(NCCNC(=O)CCSSc2ccccn2)cc1. The Balaban J connectivity index is 1.52. The van der Waals surface area contributed by atoms with Crippen LogP contribution in [0.4, 0.5) is 5.69 Å². The molecule has 0 aliphatic rings. The van der Waals surface area contributed by atoms with Gasteiger partial charge in [-0.05, 0) is 47.2 Å². The number of carbonyl (C=O) groups is 1. The van der Waals surface area contributed by atoms with Gasteiger partial charge in [-0.2, -0.15) is 0 Å².